The summed E-state index contributed by atoms with van der Waals surface area (Å²) in [5.41, 5.74) is 0.588. The highest BCUT2D eigenvalue weighted by Crippen LogP contribution is 2.26. The summed E-state index contributed by atoms with van der Waals surface area (Å²) in [6.07, 6.45) is 3.61. The SMILES string of the molecule is N#Cc1ccc(N2CCC(Nc3cc4ccccc4c(Cl)n3)CC2)nc1. The van der Waals surface area contributed by atoms with E-state index >= 15 is 0 Å². The van der Waals surface area contributed by atoms with Gasteiger partial charge in [0.15, 0.2) is 0 Å². The predicted molar refractivity (Wildman–Crippen MR) is 105 cm³/mol. The minimum atomic E-state index is 0.356. The molecule has 3 heterocycles. The minimum absolute atomic E-state index is 0.356. The van der Waals surface area contributed by atoms with Crippen molar-refractivity contribution in [2.75, 3.05) is 23.3 Å². The molecule has 0 amide bonds. The Balaban J connectivity index is 1.41. The number of aromatic nitrogens is 2. The third-order valence-corrected chi connectivity index (χ3v) is 5.03. The Morgan fingerprint density at radius 1 is 1.15 bits per heavy atom. The molecule has 0 bridgehead atoms. The highest BCUT2D eigenvalue weighted by atomic mass is 35.5. The van der Waals surface area contributed by atoms with E-state index in [1.807, 2.05) is 36.4 Å². The highest BCUT2D eigenvalue weighted by Gasteiger charge is 2.20. The van der Waals surface area contributed by atoms with Crippen LogP contribution in [0.4, 0.5) is 11.6 Å². The monoisotopic (exact) mass is 363 g/mol. The number of nitrogens with one attached hydrogen (secondary N) is 1. The molecular formula is C20H18ClN5. The van der Waals surface area contributed by atoms with Gasteiger partial charge < -0.3 is 10.2 Å². The van der Waals surface area contributed by atoms with E-state index in [0.29, 0.717) is 16.8 Å². The van der Waals surface area contributed by atoms with Crippen LogP contribution in [-0.4, -0.2) is 29.1 Å². The molecule has 2 aromatic heterocycles. The first-order valence-electron chi connectivity index (χ1n) is 8.66. The lowest BCUT2D eigenvalue weighted by molar-refractivity contribution is 0.522. The Labute approximate surface area is 157 Å². The van der Waals surface area contributed by atoms with Crippen molar-refractivity contribution in [1.29, 1.82) is 5.26 Å². The standard InChI is InChI=1S/C20H18ClN5/c21-20-17-4-2-1-3-15(17)11-18(25-20)24-16-7-9-26(10-8-16)19-6-5-14(12-22)13-23-19/h1-6,11,13,16H,7-10H2,(H,24,25). The Kier molecular flexibility index (Phi) is 4.59. The minimum Gasteiger partial charge on any atom is -0.367 e. The van der Waals surface area contributed by atoms with Crippen molar-refractivity contribution in [1.82, 2.24) is 9.97 Å². The number of nitrogens with zero attached hydrogens (tertiary/aromatic N) is 4. The molecule has 0 aliphatic carbocycles. The number of rotatable bonds is 3. The first-order chi connectivity index (χ1) is 12.7. The number of hydrogen-bond acceptors (Lipinski definition) is 5. The fourth-order valence-electron chi connectivity index (χ4n) is 3.33. The predicted octanol–water partition coefficient (Wildman–Crippen LogP) is 4.24. The van der Waals surface area contributed by atoms with E-state index in [-0.39, 0.29) is 0 Å². The van der Waals surface area contributed by atoms with Crippen molar-refractivity contribution >= 4 is 34.0 Å². The van der Waals surface area contributed by atoms with E-state index in [4.69, 9.17) is 16.9 Å². The molecule has 26 heavy (non-hydrogen) atoms. The maximum atomic E-state index is 8.87. The Morgan fingerprint density at radius 3 is 2.69 bits per heavy atom. The van der Waals surface area contributed by atoms with Crippen LogP contribution in [0.25, 0.3) is 10.8 Å². The lowest BCUT2D eigenvalue weighted by Crippen LogP contribution is -2.39. The molecule has 0 atom stereocenters. The quantitative estimate of drug-likeness (QED) is 0.705. The Morgan fingerprint density at radius 2 is 1.96 bits per heavy atom. The molecule has 4 rings (SSSR count). The van der Waals surface area contributed by atoms with E-state index in [2.05, 4.69) is 32.3 Å². The Hall–Kier alpha value is -2.84. The van der Waals surface area contributed by atoms with Gasteiger partial charge in [-0.2, -0.15) is 5.26 Å². The van der Waals surface area contributed by atoms with Gasteiger partial charge in [0, 0.05) is 30.7 Å². The topological polar surface area (TPSA) is 64.8 Å². The van der Waals surface area contributed by atoms with Crippen molar-refractivity contribution in [3.05, 3.63) is 59.4 Å². The largest absolute Gasteiger partial charge is 0.367 e. The van der Waals surface area contributed by atoms with Crippen LogP contribution >= 0.6 is 11.6 Å². The average Bonchev–Trinajstić information content (AvgIpc) is 2.69. The number of halogens is 1. The summed E-state index contributed by atoms with van der Waals surface area (Å²) in [6, 6.07) is 16.2. The number of hydrogen-bond donors (Lipinski definition) is 1. The number of fused-ring (bicyclic) bond motifs is 1. The molecule has 3 aromatic rings. The molecular weight excluding hydrogens is 346 g/mol. The van der Waals surface area contributed by atoms with Crippen molar-refractivity contribution < 1.29 is 0 Å². The summed E-state index contributed by atoms with van der Waals surface area (Å²) in [5.74, 6) is 1.75. The zero-order chi connectivity index (χ0) is 17.9. The maximum Gasteiger partial charge on any atom is 0.139 e. The number of benzene rings is 1. The van der Waals surface area contributed by atoms with Gasteiger partial charge in [-0.3, -0.25) is 0 Å². The fraction of sp³-hybridized carbons (Fsp3) is 0.250. The van der Waals surface area contributed by atoms with Gasteiger partial charge >= 0.3 is 0 Å². The molecule has 1 aromatic carbocycles. The van der Waals surface area contributed by atoms with Crippen LogP contribution in [0.3, 0.4) is 0 Å². The van der Waals surface area contributed by atoms with Gasteiger partial charge in [0.2, 0.25) is 0 Å². The van der Waals surface area contributed by atoms with Gasteiger partial charge in [0.1, 0.15) is 22.9 Å². The average molecular weight is 364 g/mol. The molecule has 1 aliphatic rings. The smallest absolute Gasteiger partial charge is 0.139 e. The van der Waals surface area contributed by atoms with Crippen molar-refractivity contribution in [2.24, 2.45) is 0 Å². The van der Waals surface area contributed by atoms with E-state index < -0.39 is 0 Å². The van der Waals surface area contributed by atoms with Gasteiger partial charge in [0.25, 0.3) is 0 Å². The summed E-state index contributed by atoms with van der Waals surface area (Å²) >= 11 is 6.32. The molecule has 0 spiro atoms. The zero-order valence-corrected chi connectivity index (χ0v) is 14.9. The van der Waals surface area contributed by atoms with Gasteiger partial charge in [-0.1, -0.05) is 35.9 Å². The number of pyridine rings is 2. The molecule has 1 aliphatic heterocycles. The number of piperidine rings is 1. The van der Waals surface area contributed by atoms with Crippen molar-refractivity contribution in [3.8, 4) is 6.07 Å². The van der Waals surface area contributed by atoms with Gasteiger partial charge in [0.05, 0.1) is 5.56 Å². The number of nitriles is 1. The third-order valence-electron chi connectivity index (χ3n) is 4.74. The van der Waals surface area contributed by atoms with Crippen LogP contribution in [0.5, 0.6) is 0 Å². The molecule has 6 heteroatoms. The molecule has 0 unspecified atom stereocenters. The first kappa shape index (κ1) is 16.6. The van der Waals surface area contributed by atoms with E-state index in [1.54, 1.807) is 6.20 Å². The first-order valence-corrected chi connectivity index (χ1v) is 9.03. The molecule has 1 fully saturated rings. The van der Waals surface area contributed by atoms with Crippen LogP contribution in [0.15, 0.2) is 48.7 Å². The second-order valence-electron chi connectivity index (χ2n) is 6.44. The Bertz CT molecular complexity index is 956. The normalized spacial score (nSPS) is 15.0. The molecule has 0 saturated carbocycles. The van der Waals surface area contributed by atoms with Crippen molar-refractivity contribution in [3.63, 3.8) is 0 Å². The summed E-state index contributed by atoms with van der Waals surface area (Å²) in [7, 11) is 0. The molecule has 1 N–H and O–H groups in total. The van der Waals surface area contributed by atoms with E-state index in [1.165, 1.54) is 0 Å². The van der Waals surface area contributed by atoms with Crippen LogP contribution in [0.1, 0.15) is 18.4 Å². The van der Waals surface area contributed by atoms with Gasteiger partial charge in [-0.05, 0) is 36.4 Å². The van der Waals surface area contributed by atoms with Crippen LogP contribution in [0, 0.1) is 11.3 Å². The van der Waals surface area contributed by atoms with E-state index in [0.717, 1.165) is 48.3 Å². The summed E-state index contributed by atoms with van der Waals surface area (Å²) in [6.45, 7) is 1.83. The summed E-state index contributed by atoms with van der Waals surface area (Å²) < 4.78 is 0. The third kappa shape index (κ3) is 3.42. The molecule has 0 radical (unpaired) electrons. The second-order valence-corrected chi connectivity index (χ2v) is 6.80. The van der Waals surface area contributed by atoms with Gasteiger partial charge in [-0.25, -0.2) is 9.97 Å². The highest BCUT2D eigenvalue weighted by molar-refractivity contribution is 6.34. The molecule has 5 nitrogen and oxygen atoms in total. The van der Waals surface area contributed by atoms with Crippen molar-refractivity contribution in [2.45, 2.75) is 18.9 Å². The lowest BCUT2D eigenvalue weighted by atomic mass is 10.0. The van der Waals surface area contributed by atoms with Crippen LogP contribution in [0.2, 0.25) is 5.15 Å². The summed E-state index contributed by atoms with van der Waals surface area (Å²) in [5, 5.41) is 15.0. The van der Waals surface area contributed by atoms with Crippen LogP contribution < -0.4 is 10.2 Å². The molecule has 1 saturated heterocycles. The molecule has 130 valence electrons. The fourth-order valence-corrected chi connectivity index (χ4v) is 3.59. The maximum absolute atomic E-state index is 8.87. The van der Waals surface area contributed by atoms with E-state index in [9.17, 15) is 0 Å². The number of anilines is 2. The zero-order valence-electron chi connectivity index (χ0n) is 14.2. The van der Waals surface area contributed by atoms with Gasteiger partial charge in [-0.15, -0.1) is 0 Å². The summed E-state index contributed by atoms with van der Waals surface area (Å²) in [4.78, 5) is 11.1. The second kappa shape index (κ2) is 7.19. The van der Waals surface area contributed by atoms with Crippen LogP contribution in [-0.2, 0) is 0 Å². The lowest BCUT2D eigenvalue weighted by Gasteiger charge is -2.33.